The molecule has 132 valence electrons. The molecule has 3 heterocycles. The molecule has 2 aromatic rings. The fourth-order valence-electron chi connectivity index (χ4n) is 3.32. The lowest BCUT2D eigenvalue weighted by molar-refractivity contribution is 0.0740. The van der Waals surface area contributed by atoms with E-state index in [2.05, 4.69) is 22.0 Å². The average molecular weight is 342 g/mol. The summed E-state index contributed by atoms with van der Waals surface area (Å²) in [5.74, 6) is 1.70. The second kappa shape index (κ2) is 6.76. The molecule has 1 saturated heterocycles. The van der Waals surface area contributed by atoms with Gasteiger partial charge in [0.25, 0.3) is 5.91 Å². The zero-order valence-corrected chi connectivity index (χ0v) is 14.4. The Labute approximate surface area is 146 Å². The number of amides is 1. The van der Waals surface area contributed by atoms with Crippen molar-refractivity contribution >= 4 is 11.6 Å². The van der Waals surface area contributed by atoms with Crippen LogP contribution in [0.5, 0.6) is 5.75 Å². The zero-order chi connectivity index (χ0) is 17.2. The summed E-state index contributed by atoms with van der Waals surface area (Å²) >= 11 is 0. The fraction of sp³-hybridized carbons (Fsp3) is 0.444. The van der Waals surface area contributed by atoms with Crippen LogP contribution in [0, 0.1) is 0 Å². The number of carbonyl (C=O) groups excluding carboxylic acids is 1. The molecule has 0 atom stereocenters. The molecule has 0 aliphatic carbocycles. The van der Waals surface area contributed by atoms with Gasteiger partial charge in [-0.1, -0.05) is 0 Å². The molecule has 1 amide bonds. The van der Waals surface area contributed by atoms with Crippen molar-refractivity contribution in [1.82, 2.24) is 14.5 Å². The summed E-state index contributed by atoms with van der Waals surface area (Å²) in [6.07, 6.45) is 1.86. The van der Waals surface area contributed by atoms with Gasteiger partial charge in [-0.05, 0) is 24.3 Å². The van der Waals surface area contributed by atoms with Gasteiger partial charge < -0.3 is 23.8 Å². The molecule has 0 spiro atoms. The van der Waals surface area contributed by atoms with Crippen LogP contribution in [0.3, 0.4) is 0 Å². The van der Waals surface area contributed by atoms with Gasteiger partial charge in [-0.25, -0.2) is 4.98 Å². The third kappa shape index (κ3) is 3.19. The van der Waals surface area contributed by atoms with Crippen LogP contribution < -0.4 is 9.64 Å². The smallest absolute Gasteiger partial charge is 0.274 e. The number of nitrogens with zero attached hydrogens (tertiary/aromatic N) is 4. The van der Waals surface area contributed by atoms with Crippen LogP contribution in [-0.4, -0.2) is 60.3 Å². The molecule has 7 heteroatoms. The van der Waals surface area contributed by atoms with Gasteiger partial charge >= 0.3 is 0 Å². The van der Waals surface area contributed by atoms with Gasteiger partial charge in [-0.2, -0.15) is 0 Å². The Morgan fingerprint density at radius 3 is 2.56 bits per heavy atom. The molecule has 4 rings (SSSR count). The molecular formula is C18H22N4O3. The van der Waals surface area contributed by atoms with Crippen molar-refractivity contribution < 1.29 is 14.3 Å². The lowest BCUT2D eigenvalue weighted by atomic mass is 10.2. The molecule has 25 heavy (non-hydrogen) atoms. The highest BCUT2D eigenvalue weighted by Gasteiger charge is 2.25. The third-order valence-corrected chi connectivity index (χ3v) is 4.79. The number of fused-ring (bicyclic) bond motifs is 1. The van der Waals surface area contributed by atoms with Crippen LogP contribution in [0.4, 0.5) is 5.69 Å². The summed E-state index contributed by atoms with van der Waals surface area (Å²) in [4.78, 5) is 21.3. The Morgan fingerprint density at radius 1 is 1.12 bits per heavy atom. The summed E-state index contributed by atoms with van der Waals surface area (Å²) in [5, 5.41) is 0. The quantitative estimate of drug-likeness (QED) is 0.843. The van der Waals surface area contributed by atoms with Crippen LogP contribution >= 0.6 is 0 Å². The van der Waals surface area contributed by atoms with Crippen LogP contribution in [-0.2, 0) is 17.9 Å². The maximum absolute atomic E-state index is 12.7. The molecule has 0 bridgehead atoms. The van der Waals surface area contributed by atoms with E-state index in [9.17, 15) is 4.79 Å². The number of hydrogen-bond donors (Lipinski definition) is 0. The van der Waals surface area contributed by atoms with Crippen LogP contribution in [0.15, 0.2) is 30.5 Å². The van der Waals surface area contributed by atoms with E-state index in [0.29, 0.717) is 32.0 Å². The van der Waals surface area contributed by atoms with Gasteiger partial charge in [0, 0.05) is 44.6 Å². The molecule has 0 N–H and O–H groups in total. The minimum Gasteiger partial charge on any atom is -0.497 e. The average Bonchev–Trinajstić information content (AvgIpc) is 3.12. The maximum atomic E-state index is 12.7. The standard InChI is InChI=1S/C18H22N4O3/c1-24-15-4-2-14(3-5-15)20-6-8-21(9-7-20)18(23)16-12-22-10-11-25-13-17(22)19-16/h2-5,12H,6-11,13H2,1H3. The first-order valence-electron chi connectivity index (χ1n) is 8.56. The van der Waals surface area contributed by atoms with E-state index in [1.165, 1.54) is 0 Å². The van der Waals surface area contributed by atoms with Gasteiger partial charge in [0.2, 0.25) is 0 Å². The zero-order valence-electron chi connectivity index (χ0n) is 14.4. The number of ether oxygens (including phenoxy) is 2. The predicted molar refractivity (Wildman–Crippen MR) is 93.0 cm³/mol. The van der Waals surface area contributed by atoms with E-state index in [-0.39, 0.29) is 5.91 Å². The molecular weight excluding hydrogens is 320 g/mol. The van der Waals surface area contributed by atoms with E-state index < -0.39 is 0 Å². The topological polar surface area (TPSA) is 59.8 Å². The molecule has 0 saturated carbocycles. The van der Waals surface area contributed by atoms with Crippen LogP contribution in [0.1, 0.15) is 16.3 Å². The van der Waals surface area contributed by atoms with Crippen molar-refractivity contribution in [1.29, 1.82) is 0 Å². The number of carbonyl (C=O) groups is 1. The minimum absolute atomic E-state index is 0.0104. The summed E-state index contributed by atoms with van der Waals surface area (Å²) in [7, 11) is 1.67. The second-order valence-corrected chi connectivity index (χ2v) is 6.27. The highest BCUT2D eigenvalue weighted by molar-refractivity contribution is 5.92. The number of piperazine rings is 1. The first-order valence-corrected chi connectivity index (χ1v) is 8.56. The van der Waals surface area contributed by atoms with E-state index >= 15 is 0 Å². The maximum Gasteiger partial charge on any atom is 0.274 e. The van der Waals surface area contributed by atoms with E-state index in [0.717, 1.165) is 36.9 Å². The molecule has 2 aliphatic rings. The van der Waals surface area contributed by atoms with Crippen molar-refractivity contribution in [2.24, 2.45) is 0 Å². The first-order chi connectivity index (χ1) is 12.2. The van der Waals surface area contributed by atoms with Crippen molar-refractivity contribution in [3.8, 4) is 5.75 Å². The fourth-order valence-corrected chi connectivity index (χ4v) is 3.32. The lowest BCUT2D eigenvalue weighted by Crippen LogP contribution is -2.48. The Balaban J connectivity index is 1.39. The summed E-state index contributed by atoms with van der Waals surface area (Å²) in [6, 6.07) is 8.04. The highest BCUT2D eigenvalue weighted by atomic mass is 16.5. The van der Waals surface area contributed by atoms with Crippen molar-refractivity contribution in [3.05, 3.63) is 42.0 Å². The van der Waals surface area contributed by atoms with Gasteiger partial charge in [0.15, 0.2) is 0 Å². The van der Waals surface area contributed by atoms with E-state index in [1.54, 1.807) is 7.11 Å². The highest BCUT2D eigenvalue weighted by Crippen LogP contribution is 2.21. The number of benzene rings is 1. The van der Waals surface area contributed by atoms with Crippen molar-refractivity contribution in [3.63, 3.8) is 0 Å². The molecule has 1 aromatic heterocycles. The van der Waals surface area contributed by atoms with Gasteiger partial charge in [-0.3, -0.25) is 4.79 Å². The molecule has 1 fully saturated rings. The number of imidazole rings is 1. The number of anilines is 1. The molecule has 0 radical (unpaired) electrons. The predicted octanol–water partition coefficient (Wildman–Crippen LogP) is 1.38. The number of methoxy groups -OCH3 is 1. The van der Waals surface area contributed by atoms with E-state index in [4.69, 9.17) is 9.47 Å². The van der Waals surface area contributed by atoms with Gasteiger partial charge in [0.1, 0.15) is 23.9 Å². The summed E-state index contributed by atoms with van der Waals surface area (Å²) < 4.78 is 12.6. The van der Waals surface area contributed by atoms with E-state index in [1.807, 2.05) is 27.8 Å². The van der Waals surface area contributed by atoms with Crippen molar-refractivity contribution in [2.45, 2.75) is 13.2 Å². The second-order valence-electron chi connectivity index (χ2n) is 6.27. The largest absolute Gasteiger partial charge is 0.497 e. The van der Waals surface area contributed by atoms with Crippen molar-refractivity contribution in [2.75, 3.05) is 44.8 Å². The number of aromatic nitrogens is 2. The van der Waals surface area contributed by atoms with Crippen LogP contribution in [0.2, 0.25) is 0 Å². The molecule has 1 aromatic carbocycles. The summed E-state index contributed by atoms with van der Waals surface area (Å²) in [6.45, 7) is 4.95. The summed E-state index contributed by atoms with van der Waals surface area (Å²) in [5.41, 5.74) is 1.68. The Hall–Kier alpha value is -2.54. The van der Waals surface area contributed by atoms with Crippen LogP contribution in [0.25, 0.3) is 0 Å². The Bertz CT molecular complexity index is 725. The SMILES string of the molecule is COc1ccc(N2CCN(C(=O)c3cn4c(n3)COCC4)CC2)cc1. The third-order valence-electron chi connectivity index (χ3n) is 4.79. The Morgan fingerprint density at radius 2 is 1.88 bits per heavy atom. The molecule has 0 unspecified atom stereocenters. The first kappa shape index (κ1) is 16.0. The lowest BCUT2D eigenvalue weighted by Gasteiger charge is -2.35. The number of hydrogen-bond acceptors (Lipinski definition) is 5. The number of rotatable bonds is 3. The monoisotopic (exact) mass is 342 g/mol. The van der Waals surface area contributed by atoms with Gasteiger partial charge in [0.05, 0.1) is 13.7 Å². The molecule has 7 nitrogen and oxygen atoms in total. The minimum atomic E-state index is 0.0104. The Kier molecular flexibility index (Phi) is 4.31. The van der Waals surface area contributed by atoms with Gasteiger partial charge in [-0.15, -0.1) is 0 Å². The normalized spacial score (nSPS) is 17.3. The molecule has 2 aliphatic heterocycles.